The Morgan fingerprint density at radius 1 is 1.56 bits per heavy atom. The second-order valence-corrected chi connectivity index (χ2v) is 5.10. The van der Waals surface area contributed by atoms with Gasteiger partial charge >= 0.3 is 0 Å². The van der Waals surface area contributed by atoms with Gasteiger partial charge in [-0.3, -0.25) is 4.79 Å². The van der Waals surface area contributed by atoms with E-state index in [1.807, 2.05) is 6.92 Å². The Bertz CT molecular complexity index is 328. The van der Waals surface area contributed by atoms with Crippen molar-refractivity contribution >= 4 is 29.7 Å². The van der Waals surface area contributed by atoms with Crippen LogP contribution in [0.25, 0.3) is 0 Å². The van der Waals surface area contributed by atoms with Gasteiger partial charge in [-0.05, 0) is 26.0 Å². The summed E-state index contributed by atoms with van der Waals surface area (Å²) in [5.74, 6) is 0.0401. The molecule has 1 unspecified atom stereocenters. The zero-order valence-corrected chi connectivity index (χ0v) is 11.3. The van der Waals surface area contributed by atoms with Crippen LogP contribution in [0.1, 0.15) is 23.1 Å². The first-order valence-electron chi connectivity index (χ1n) is 5.16. The highest BCUT2D eigenvalue weighted by atomic mass is 35.5. The lowest BCUT2D eigenvalue weighted by atomic mass is 10.2. The fourth-order valence-corrected chi connectivity index (χ4v) is 2.44. The van der Waals surface area contributed by atoms with Crippen molar-refractivity contribution in [1.29, 1.82) is 0 Å². The quantitative estimate of drug-likeness (QED) is 0.851. The summed E-state index contributed by atoms with van der Waals surface area (Å²) in [7, 11) is 0. The van der Waals surface area contributed by atoms with Gasteiger partial charge in [-0.25, -0.2) is 0 Å². The van der Waals surface area contributed by atoms with E-state index in [2.05, 4.69) is 24.4 Å². The minimum absolute atomic E-state index is 0. The van der Waals surface area contributed by atoms with Crippen LogP contribution in [-0.2, 0) is 11.2 Å². The Morgan fingerprint density at radius 3 is 2.75 bits per heavy atom. The van der Waals surface area contributed by atoms with Crippen molar-refractivity contribution in [2.75, 3.05) is 6.54 Å². The fourth-order valence-electron chi connectivity index (χ4n) is 1.43. The first-order valence-corrected chi connectivity index (χ1v) is 5.98. The minimum Gasteiger partial charge on any atom is -0.353 e. The van der Waals surface area contributed by atoms with E-state index in [-0.39, 0.29) is 24.4 Å². The molecule has 3 nitrogen and oxygen atoms in total. The van der Waals surface area contributed by atoms with Crippen LogP contribution in [-0.4, -0.2) is 18.5 Å². The summed E-state index contributed by atoms with van der Waals surface area (Å²) in [4.78, 5) is 13.9. The summed E-state index contributed by atoms with van der Waals surface area (Å²) >= 11 is 1.78. The van der Waals surface area contributed by atoms with E-state index in [0.29, 0.717) is 13.0 Å². The number of carbonyl (C=O) groups excluding carboxylic acids is 1. The monoisotopic (exact) mass is 262 g/mol. The van der Waals surface area contributed by atoms with E-state index in [0.717, 1.165) is 6.42 Å². The lowest BCUT2D eigenvalue weighted by Crippen LogP contribution is -2.34. The number of hydrogen-bond acceptors (Lipinski definition) is 3. The van der Waals surface area contributed by atoms with Crippen molar-refractivity contribution in [1.82, 2.24) is 5.32 Å². The SMILES string of the molecule is Cc1ccc(CC(C)NC(=O)CCN)s1.Cl. The van der Waals surface area contributed by atoms with Crippen molar-refractivity contribution in [2.45, 2.75) is 32.7 Å². The zero-order chi connectivity index (χ0) is 11.3. The lowest BCUT2D eigenvalue weighted by Gasteiger charge is -2.12. The molecule has 0 bridgehead atoms. The molecule has 0 aliphatic rings. The molecule has 3 N–H and O–H groups in total. The first-order chi connectivity index (χ1) is 7.11. The summed E-state index contributed by atoms with van der Waals surface area (Å²) in [6.45, 7) is 4.52. The summed E-state index contributed by atoms with van der Waals surface area (Å²) in [5, 5.41) is 2.93. The van der Waals surface area contributed by atoms with Gasteiger partial charge in [-0.2, -0.15) is 0 Å². The van der Waals surface area contributed by atoms with Crippen molar-refractivity contribution < 1.29 is 4.79 Å². The van der Waals surface area contributed by atoms with Gasteiger partial charge in [0.25, 0.3) is 0 Å². The third kappa shape index (κ3) is 5.49. The average Bonchev–Trinajstić information content (AvgIpc) is 2.51. The molecule has 1 aromatic heterocycles. The van der Waals surface area contributed by atoms with Gasteiger partial charge < -0.3 is 11.1 Å². The molecule has 0 spiro atoms. The van der Waals surface area contributed by atoms with Crippen LogP contribution < -0.4 is 11.1 Å². The van der Waals surface area contributed by atoms with Crippen LogP contribution in [0.4, 0.5) is 0 Å². The largest absolute Gasteiger partial charge is 0.353 e. The molecule has 1 heterocycles. The number of amides is 1. The molecule has 1 aromatic rings. The molecule has 1 rings (SSSR count). The number of aryl methyl sites for hydroxylation is 1. The van der Waals surface area contributed by atoms with Crippen LogP contribution in [0.15, 0.2) is 12.1 Å². The molecule has 0 radical (unpaired) electrons. The van der Waals surface area contributed by atoms with E-state index < -0.39 is 0 Å². The number of halogens is 1. The van der Waals surface area contributed by atoms with E-state index in [1.165, 1.54) is 9.75 Å². The summed E-state index contributed by atoms with van der Waals surface area (Å²) in [6, 6.07) is 4.40. The van der Waals surface area contributed by atoms with Crippen molar-refractivity contribution in [3.8, 4) is 0 Å². The molecular formula is C11H19ClN2OS. The highest BCUT2D eigenvalue weighted by Gasteiger charge is 2.08. The molecule has 1 amide bonds. The Labute approximate surface area is 107 Å². The predicted octanol–water partition coefficient (Wildman–Crippen LogP) is 1.87. The summed E-state index contributed by atoms with van der Waals surface area (Å²) in [5.41, 5.74) is 5.30. The summed E-state index contributed by atoms with van der Waals surface area (Å²) < 4.78 is 0. The molecule has 0 saturated heterocycles. The summed E-state index contributed by atoms with van der Waals surface area (Å²) in [6.07, 6.45) is 1.31. The van der Waals surface area contributed by atoms with E-state index in [4.69, 9.17) is 5.73 Å². The van der Waals surface area contributed by atoms with E-state index in [9.17, 15) is 4.79 Å². The van der Waals surface area contributed by atoms with Crippen molar-refractivity contribution in [2.24, 2.45) is 5.73 Å². The Morgan fingerprint density at radius 2 is 2.25 bits per heavy atom. The predicted molar refractivity (Wildman–Crippen MR) is 71.3 cm³/mol. The molecule has 92 valence electrons. The minimum atomic E-state index is 0. The molecule has 5 heteroatoms. The van der Waals surface area contributed by atoms with Gasteiger partial charge in [0.15, 0.2) is 0 Å². The second-order valence-electron chi connectivity index (χ2n) is 3.72. The number of nitrogens with two attached hydrogens (primary N) is 1. The first kappa shape index (κ1) is 15.4. The van der Waals surface area contributed by atoms with Gasteiger partial charge in [0.05, 0.1) is 0 Å². The highest BCUT2D eigenvalue weighted by molar-refractivity contribution is 7.11. The Balaban J connectivity index is 0.00000225. The van der Waals surface area contributed by atoms with Crippen LogP contribution in [0.2, 0.25) is 0 Å². The van der Waals surface area contributed by atoms with Gasteiger partial charge in [0, 0.05) is 35.2 Å². The number of carbonyl (C=O) groups is 1. The number of hydrogen-bond donors (Lipinski definition) is 2. The highest BCUT2D eigenvalue weighted by Crippen LogP contribution is 2.16. The topological polar surface area (TPSA) is 55.1 Å². The van der Waals surface area contributed by atoms with Gasteiger partial charge in [0.1, 0.15) is 0 Å². The second kappa shape index (κ2) is 7.65. The third-order valence-corrected chi connectivity index (χ3v) is 3.11. The molecule has 16 heavy (non-hydrogen) atoms. The molecule has 1 atom stereocenters. The van der Waals surface area contributed by atoms with Crippen molar-refractivity contribution in [3.63, 3.8) is 0 Å². The Kier molecular flexibility index (Phi) is 7.38. The number of rotatable bonds is 5. The molecule has 0 aliphatic carbocycles. The van der Waals surface area contributed by atoms with E-state index in [1.54, 1.807) is 11.3 Å². The third-order valence-electron chi connectivity index (χ3n) is 2.08. The maximum Gasteiger partial charge on any atom is 0.221 e. The normalized spacial score (nSPS) is 11.7. The fraction of sp³-hybridized carbons (Fsp3) is 0.545. The molecule has 0 fully saturated rings. The number of nitrogens with one attached hydrogen (secondary N) is 1. The molecule has 0 aliphatic heterocycles. The lowest BCUT2D eigenvalue weighted by molar-refractivity contribution is -0.121. The number of thiophene rings is 1. The zero-order valence-electron chi connectivity index (χ0n) is 9.66. The molecular weight excluding hydrogens is 244 g/mol. The van der Waals surface area contributed by atoms with Crippen molar-refractivity contribution in [3.05, 3.63) is 21.9 Å². The van der Waals surface area contributed by atoms with Crippen LogP contribution >= 0.6 is 23.7 Å². The maximum atomic E-state index is 11.3. The standard InChI is InChI=1S/C11H18N2OS.ClH/c1-8(13-11(14)5-6-12)7-10-4-3-9(2)15-10;/h3-4,8H,5-7,12H2,1-2H3,(H,13,14);1H. The molecule has 0 saturated carbocycles. The van der Waals surface area contributed by atoms with Gasteiger partial charge in [0.2, 0.25) is 5.91 Å². The smallest absolute Gasteiger partial charge is 0.221 e. The Hall–Kier alpha value is -0.580. The van der Waals surface area contributed by atoms with Crippen LogP contribution in [0.5, 0.6) is 0 Å². The van der Waals surface area contributed by atoms with E-state index >= 15 is 0 Å². The van der Waals surface area contributed by atoms with Gasteiger partial charge in [-0.1, -0.05) is 0 Å². The van der Waals surface area contributed by atoms with Crippen LogP contribution in [0, 0.1) is 6.92 Å². The van der Waals surface area contributed by atoms with Gasteiger partial charge in [-0.15, -0.1) is 23.7 Å². The molecule has 0 aromatic carbocycles. The maximum absolute atomic E-state index is 11.3. The average molecular weight is 263 g/mol. The van der Waals surface area contributed by atoms with Crippen LogP contribution in [0.3, 0.4) is 0 Å².